The largest absolute Gasteiger partial charge is 0.374 e. The molecule has 0 radical (unpaired) electrons. The average molecular weight is 1260 g/mol. The minimum absolute atomic E-state index is 0.0210. The Labute approximate surface area is 535 Å². The zero-order valence-electron chi connectivity index (χ0n) is 50.4. The van der Waals surface area contributed by atoms with Crippen molar-refractivity contribution in [1.29, 1.82) is 0 Å². The van der Waals surface area contributed by atoms with Crippen molar-refractivity contribution in [2.75, 3.05) is 13.2 Å². The molecule has 476 valence electrons. The summed E-state index contributed by atoms with van der Waals surface area (Å²) < 4.78 is 69.7. The Morgan fingerprint density at radius 1 is 0.398 bits per heavy atom. The number of carbonyl (C=O) groups excluding carboxylic acids is 2. The Balaban J connectivity index is 1.06. The number of azide groups is 4. The van der Waals surface area contributed by atoms with E-state index < -0.39 is 103 Å². The van der Waals surface area contributed by atoms with Crippen LogP contribution in [-0.2, 0) is 87.0 Å². The highest BCUT2D eigenvalue weighted by Gasteiger charge is 2.59. The number of carbonyl (C=O) groups is 2. The van der Waals surface area contributed by atoms with Gasteiger partial charge < -0.3 is 47.4 Å². The van der Waals surface area contributed by atoms with Gasteiger partial charge in [0.2, 0.25) is 0 Å². The molecule has 0 aromatic heterocycles. The van der Waals surface area contributed by atoms with Crippen molar-refractivity contribution in [2.24, 2.45) is 20.5 Å². The van der Waals surface area contributed by atoms with Gasteiger partial charge in [0.25, 0.3) is 11.8 Å². The fourth-order valence-electron chi connectivity index (χ4n) is 12.2. The molecule has 0 N–H and O–H groups in total. The normalized spacial score (nSPS) is 26.5. The summed E-state index contributed by atoms with van der Waals surface area (Å²) in [6, 6.07) is 56.9. The predicted octanol–water partition coefficient (Wildman–Crippen LogP) is 12.8. The van der Waals surface area contributed by atoms with Crippen LogP contribution >= 0.6 is 0 Å². The minimum atomic E-state index is -1.75. The maximum Gasteiger partial charge on any atom is 0.262 e. The first kappa shape index (κ1) is 65.0. The predicted molar refractivity (Wildman–Crippen MR) is 336 cm³/mol. The standard InChI is InChI=1S/C68H67N13O12/c69-77-73-36-54-60(86-39-46-25-11-3-12-26-46)62(88-41-48-29-15-5-16-30-48)56(76-80-72)67(90-54)92-59-53(75-79-71)35-52(74-78-70)58(85-38-45-23-9-2-10-24-45)64(59)93-68-57(81-65(82)50-33-19-20-34-51(50)66(81)83)63(89-42-49-31-17-6-18-32-49)61(87-40-47-27-13-4-14-28-47)55(91-68)43-84-37-44-21-7-1-8-22-44/h1-34,52-64,67-68H,35-43H2/t52-,53+,54-,55-,56-,57-,58+,59-,60-,61-,62-,63-,64-,67-,68+/m1/s1. The number of nitrogens with zero attached hydrogens (tertiary/aromatic N) is 13. The lowest BCUT2D eigenvalue weighted by atomic mass is 9.83. The summed E-state index contributed by atoms with van der Waals surface area (Å²) in [4.78, 5) is 44.6. The van der Waals surface area contributed by atoms with Gasteiger partial charge >= 0.3 is 0 Å². The summed E-state index contributed by atoms with van der Waals surface area (Å²) in [6.07, 6.45) is -15.1. The highest BCUT2D eigenvalue weighted by atomic mass is 16.7. The van der Waals surface area contributed by atoms with E-state index >= 15 is 9.59 Å². The lowest BCUT2D eigenvalue weighted by Crippen LogP contribution is -2.69. The molecule has 1 saturated carbocycles. The van der Waals surface area contributed by atoms with E-state index in [1.165, 1.54) is 0 Å². The zero-order chi connectivity index (χ0) is 64.1. The number of imide groups is 1. The highest BCUT2D eigenvalue weighted by molar-refractivity contribution is 6.21. The van der Waals surface area contributed by atoms with Crippen molar-refractivity contribution >= 4 is 11.8 Å². The molecule has 15 atom stereocenters. The fraction of sp³-hybridized carbons (Fsp3) is 0.353. The summed E-state index contributed by atoms with van der Waals surface area (Å²) in [7, 11) is 0. The molecule has 25 nitrogen and oxygen atoms in total. The number of ether oxygens (including phenoxy) is 10. The molecule has 3 fully saturated rings. The van der Waals surface area contributed by atoms with Crippen molar-refractivity contribution in [3.63, 3.8) is 0 Å². The van der Waals surface area contributed by atoms with Crippen LogP contribution in [0.25, 0.3) is 41.8 Å². The SMILES string of the molecule is [N-]=[N+]=NC[C@H]1O[C@H](O[C@H]2[C@H](O[C@@H]3O[C@H](COCc4ccccc4)[C@@H](OCc4ccccc4)[C@H](OCc4ccccc4)[C@H]3N3C(=O)c4ccccc4C3=O)[C@@H](OCc3ccccc3)[C@H](N=[N+]=[N-])C[C@@H]2N=[N+]=[N-])[C@H](N=[N+]=[N-])[C@@H](OCc2ccccc2)[C@@H]1OCc1ccccc1. The van der Waals surface area contributed by atoms with E-state index in [0.29, 0.717) is 5.56 Å². The molecule has 7 aromatic rings. The Bertz CT molecular complexity index is 3730. The monoisotopic (exact) mass is 1260 g/mol. The summed E-state index contributed by atoms with van der Waals surface area (Å²) in [5.41, 5.74) is 46.2. The van der Waals surface area contributed by atoms with Crippen LogP contribution < -0.4 is 0 Å². The zero-order valence-corrected chi connectivity index (χ0v) is 50.4. The molecule has 1 aliphatic carbocycles. The van der Waals surface area contributed by atoms with Crippen LogP contribution in [0.2, 0.25) is 0 Å². The highest BCUT2D eigenvalue weighted by Crippen LogP contribution is 2.42. The molecule has 3 aliphatic heterocycles. The van der Waals surface area contributed by atoms with Gasteiger partial charge in [-0.2, -0.15) is 0 Å². The maximum atomic E-state index is 15.3. The van der Waals surface area contributed by atoms with Gasteiger partial charge in [0, 0.05) is 19.6 Å². The minimum Gasteiger partial charge on any atom is -0.374 e. The van der Waals surface area contributed by atoms with Gasteiger partial charge in [0.05, 0.1) is 94.3 Å². The van der Waals surface area contributed by atoms with Gasteiger partial charge in [0.15, 0.2) is 12.6 Å². The van der Waals surface area contributed by atoms with Gasteiger partial charge in [-0.05, 0) is 74.1 Å². The summed E-state index contributed by atoms with van der Waals surface area (Å²) in [5, 5.41) is 16.7. The number of amides is 2. The van der Waals surface area contributed by atoms with Crippen molar-refractivity contribution in [2.45, 2.75) is 138 Å². The van der Waals surface area contributed by atoms with Crippen molar-refractivity contribution in [1.82, 2.24) is 4.90 Å². The fourth-order valence-corrected chi connectivity index (χ4v) is 12.2. The maximum absolute atomic E-state index is 15.3. The average Bonchev–Trinajstić information content (AvgIpc) is 1.70. The molecule has 2 saturated heterocycles. The molecule has 0 bridgehead atoms. The number of rotatable bonds is 29. The van der Waals surface area contributed by atoms with E-state index in [9.17, 15) is 22.1 Å². The van der Waals surface area contributed by atoms with Gasteiger partial charge in [0.1, 0.15) is 48.7 Å². The van der Waals surface area contributed by atoms with E-state index in [4.69, 9.17) is 47.4 Å². The van der Waals surface area contributed by atoms with E-state index in [0.717, 1.165) is 32.7 Å². The second-order valence-corrected chi connectivity index (χ2v) is 22.5. The van der Waals surface area contributed by atoms with E-state index in [1.54, 1.807) is 24.3 Å². The Hall–Kier alpha value is -9.48. The topological polar surface area (TPSA) is 325 Å². The van der Waals surface area contributed by atoms with Crippen LogP contribution in [0.1, 0.15) is 60.5 Å². The van der Waals surface area contributed by atoms with Gasteiger partial charge in [-0.15, -0.1) is 0 Å². The molecule has 3 heterocycles. The Kier molecular flexibility index (Phi) is 22.9. The molecular formula is C68H67N13O12. The molecule has 25 heteroatoms. The van der Waals surface area contributed by atoms with Crippen LogP contribution in [0, 0.1) is 0 Å². The smallest absolute Gasteiger partial charge is 0.262 e. The Morgan fingerprint density at radius 3 is 1.23 bits per heavy atom. The van der Waals surface area contributed by atoms with Crippen LogP contribution in [0.4, 0.5) is 0 Å². The van der Waals surface area contributed by atoms with Crippen LogP contribution in [0.3, 0.4) is 0 Å². The van der Waals surface area contributed by atoms with Crippen LogP contribution in [0.5, 0.6) is 0 Å². The van der Waals surface area contributed by atoms with Gasteiger partial charge in [-0.25, -0.2) is 0 Å². The Morgan fingerprint density at radius 2 is 0.774 bits per heavy atom. The van der Waals surface area contributed by atoms with Crippen LogP contribution in [-0.4, -0.2) is 122 Å². The third kappa shape index (κ3) is 16.2. The molecular weight excluding hydrogens is 1190 g/mol. The first-order valence-electron chi connectivity index (χ1n) is 30.4. The number of hydrogen-bond donors (Lipinski definition) is 0. The number of hydrogen-bond acceptors (Lipinski definition) is 16. The first-order valence-corrected chi connectivity index (χ1v) is 30.4. The van der Waals surface area contributed by atoms with E-state index in [2.05, 4.69) is 40.1 Å². The van der Waals surface area contributed by atoms with E-state index in [1.807, 2.05) is 182 Å². The third-order valence-corrected chi connectivity index (χ3v) is 16.6. The van der Waals surface area contributed by atoms with Crippen LogP contribution in [0.15, 0.2) is 227 Å². The van der Waals surface area contributed by atoms with Crippen molar-refractivity contribution < 1.29 is 57.0 Å². The molecule has 0 unspecified atom stereocenters. The lowest BCUT2D eigenvalue weighted by Gasteiger charge is -2.52. The summed E-state index contributed by atoms with van der Waals surface area (Å²) in [6.45, 7) is -0.495. The first-order chi connectivity index (χ1) is 45.8. The molecule has 4 aliphatic rings. The molecule has 93 heavy (non-hydrogen) atoms. The van der Waals surface area contributed by atoms with E-state index in [-0.39, 0.29) is 70.3 Å². The molecule has 2 amide bonds. The van der Waals surface area contributed by atoms with Crippen molar-refractivity contribution in [3.8, 4) is 0 Å². The third-order valence-electron chi connectivity index (χ3n) is 16.6. The second kappa shape index (κ2) is 32.7. The lowest BCUT2D eigenvalue weighted by molar-refractivity contribution is -0.342. The molecule has 11 rings (SSSR count). The second-order valence-electron chi connectivity index (χ2n) is 22.5. The van der Waals surface area contributed by atoms with Crippen molar-refractivity contribution in [3.05, 3.63) is 293 Å². The molecule has 7 aromatic carbocycles. The number of fused-ring (bicyclic) bond motifs is 1. The van der Waals surface area contributed by atoms with Gasteiger partial charge in [-0.1, -0.05) is 215 Å². The van der Waals surface area contributed by atoms with Gasteiger partial charge in [-0.3, -0.25) is 14.5 Å². The molecule has 0 spiro atoms. The quantitative estimate of drug-likeness (QED) is 0.0183. The summed E-state index contributed by atoms with van der Waals surface area (Å²) >= 11 is 0. The summed E-state index contributed by atoms with van der Waals surface area (Å²) in [5.74, 6) is -1.38. The number of benzene rings is 7.